The van der Waals surface area contributed by atoms with Crippen LogP contribution in [-0.2, 0) is 0 Å². The van der Waals surface area contributed by atoms with Gasteiger partial charge in [0.2, 0.25) is 0 Å². The van der Waals surface area contributed by atoms with Gasteiger partial charge in [-0.15, -0.1) is 0 Å². The second-order valence-electron chi connectivity index (χ2n) is 15.7. The molecule has 5 fully saturated rings. The summed E-state index contributed by atoms with van der Waals surface area (Å²) in [6.45, 7) is 21.3. The molecule has 5 aliphatic carbocycles. The van der Waals surface area contributed by atoms with Crippen molar-refractivity contribution in [3.63, 3.8) is 0 Å². The molecule has 0 aromatic carbocycles. The molecule has 5 saturated carbocycles. The highest BCUT2D eigenvalue weighted by molar-refractivity contribution is 5.22. The third-order valence-corrected chi connectivity index (χ3v) is 15.1. The first-order chi connectivity index (χ1) is 16.7. The second-order valence-corrected chi connectivity index (χ2v) is 15.7. The van der Waals surface area contributed by atoms with E-state index in [0.29, 0.717) is 29.6 Å². The van der Waals surface area contributed by atoms with Crippen molar-refractivity contribution in [1.82, 2.24) is 0 Å². The number of aliphatic hydroxyl groups excluding tert-OH is 3. The first-order valence-electron chi connectivity index (χ1n) is 15.8. The molecule has 3 nitrogen and oxygen atoms in total. The van der Waals surface area contributed by atoms with E-state index in [2.05, 4.69) is 55.4 Å². The second kappa shape index (κ2) is 8.95. The van der Waals surface area contributed by atoms with Gasteiger partial charge in [-0.05, 0) is 89.8 Å². The summed E-state index contributed by atoms with van der Waals surface area (Å²) >= 11 is 0. The lowest BCUT2D eigenvalue weighted by atomic mass is 9.29. The van der Waals surface area contributed by atoms with Crippen LogP contribution in [0.2, 0.25) is 0 Å². The van der Waals surface area contributed by atoms with Gasteiger partial charge in [-0.25, -0.2) is 0 Å². The van der Waals surface area contributed by atoms with Crippen LogP contribution in [0.4, 0.5) is 0 Å². The molecule has 0 amide bonds. The average Bonchev–Trinajstić information content (AvgIpc) is 3.34. The zero-order valence-corrected chi connectivity index (χ0v) is 24.9. The molecule has 0 radical (unpaired) electrons. The van der Waals surface area contributed by atoms with E-state index in [0.717, 1.165) is 18.3 Å². The SMILES string of the molecule is CC(O)C1C(C)CC2(C)C(C)C3(C)C(C)C4C(C5CCCC5)CCC(C)C4C(O)C3C(C)C2(C)C1O. The molecule has 208 valence electrons. The van der Waals surface area contributed by atoms with Gasteiger partial charge in [0.15, 0.2) is 0 Å². The number of fused-ring (bicyclic) bond motifs is 3. The Morgan fingerprint density at radius 3 is 1.97 bits per heavy atom. The van der Waals surface area contributed by atoms with Crippen molar-refractivity contribution in [2.45, 2.75) is 126 Å². The predicted molar refractivity (Wildman–Crippen MR) is 147 cm³/mol. The number of rotatable bonds is 2. The van der Waals surface area contributed by atoms with Gasteiger partial charge in [-0.1, -0.05) is 87.5 Å². The molecule has 0 bridgehead atoms. The van der Waals surface area contributed by atoms with Gasteiger partial charge in [0, 0.05) is 11.3 Å². The number of aliphatic hydroxyl groups is 3. The molecule has 0 aromatic rings. The standard InChI is InChI=1S/C33H58O3/c1-17-14-15-24(23-12-10-11-13-23)27-19(3)32(8)22(6)31(7)16-18(2)25(21(5)34)30(36)33(31,9)20(4)28(32)29(35)26(17)27/h17-30,34-36H,10-16H2,1-9H3. The van der Waals surface area contributed by atoms with E-state index < -0.39 is 12.2 Å². The van der Waals surface area contributed by atoms with Crippen LogP contribution in [0.15, 0.2) is 0 Å². The van der Waals surface area contributed by atoms with Gasteiger partial charge in [0.1, 0.15) is 0 Å². The van der Waals surface area contributed by atoms with Gasteiger partial charge in [-0.3, -0.25) is 0 Å². The summed E-state index contributed by atoms with van der Waals surface area (Å²) in [6, 6.07) is 0. The lowest BCUT2D eigenvalue weighted by Crippen LogP contribution is -2.75. The minimum absolute atomic E-state index is 0.0359. The lowest BCUT2D eigenvalue weighted by molar-refractivity contribution is -0.318. The van der Waals surface area contributed by atoms with Gasteiger partial charge in [0.05, 0.1) is 18.3 Å². The Morgan fingerprint density at radius 1 is 0.778 bits per heavy atom. The highest BCUT2D eigenvalue weighted by Gasteiger charge is 2.74. The van der Waals surface area contributed by atoms with Crippen LogP contribution in [0.1, 0.15) is 107 Å². The summed E-state index contributed by atoms with van der Waals surface area (Å²) in [4.78, 5) is 0. The maximum absolute atomic E-state index is 12.5. The van der Waals surface area contributed by atoms with Crippen LogP contribution in [0.25, 0.3) is 0 Å². The van der Waals surface area contributed by atoms with Crippen LogP contribution >= 0.6 is 0 Å². The minimum Gasteiger partial charge on any atom is -0.393 e. The molecule has 5 rings (SSSR count). The Balaban J connectivity index is 1.62. The molecular weight excluding hydrogens is 444 g/mol. The third kappa shape index (κ3) is 3.27. The Kier molecular flexibility index (Phi) is 6.82. The van der Waals surface area contributed by atoms with E-state index in [-0.39, 0.29) is 46.0 Å². The molecule has 36 heavy (non-hydrogen) atoms. The minimum atomic E-state index is -0.552. The lowest BCUT2D eigenvalue weighted by Gasteiger charge is -2.76. The van der Waals surface area contributed by atoms with Crippen LogP contribution < -0.4 is 0 Å². The fraction of sp³-hybridized carbons (Fsp3) is 1.00. The monoisotopic (exact) mass is 502 g/mol. The van der Waals surface area contributed by atoms with E-state index in [9.17, 15) is 15.3 Å². The van der Waals surface area contributed by atoms with E-state index in [1.54, 1.807) is 0 Å². The summed E-state index contributed by atoms with van der Waals surface area (Å²) in [6.07, 6.45) is 7.89. The van der Waals surface area contributed by atoms with Crippen molar-refractivity contribution in [2.75, 3.05) is 0 Å². The highest BCUT2D eigenvalue weighted by atomic mass is 16.3. The topological polar surface area (TPSA) is 60.7 Å². The number of hydrogen-bond acceptors (Lipinski definition) is 3. The molecule has 0 aliphatic heterocycles. The fourth-order valence-electron chi connectivity index (χ4n) is 12.9. The van der Waals surface area contributed by atoms with Gasteiger partial charge in [0.25, 0.3) is 0 Å². The summed E-state index contributed by atoms with van der Waals surface area (Å²) in [5, 5.41) is 35.3. The molecule has 16 atom stereocenters. The van der Waals surface area contributed by atoms with Crippen LogP contribution in [0.3, 0.4) is 0 Å². The first-order valence-corrected chi connectivity index (χ1v) is 15.8. The van der Waals surface area contributed by atoms with E-state index in [1.165, 1.54) is 38.5 Å². The summed E-state index contributed by atoms with van der Waals surface area (Å²) < 4.78 is 0. The normalized spacial score (nSPS) is 60.7. The average molecular weight is 503 g/mol. The van der Waals surface area contributed by atoms with E-state index in [1.807, 2.05) is 6.92 Å². The Hall–Kier alpha value is -0.120. The Bertz CT molecular complexity index is 820. The van der Waals surface area contributed by atoms with Crippen LogP contribution in [0.5, 0.6) is 0 Å². The molecule has 0 heterocycles. The molecular formula is C33H58O3. The Morgan fingerprint density at radius 2 is 1.39 bits per heavy atom. The molecule has 3 heteroatoms. The van der Waals surface area contributed by atoms with Crippen molar-refractivity contribution in [3.8, 4) is 0 Å². The van der Waals surface area contributed by atoms with Crippen molar-refractivity contribution in [1.29, 1.82) is 0 Å². The van der Waals surface area contributed by atoms with Crippen LogP contribution in [0, 0.1) is 81.3 Å². The van der Waals surface area contributed by atoms with Gasteiger partial charge >= 0.3 is 0 Å². The van der Waals surface area contributed by atoms with Crippen molar-refractivity contribution >= 4 is 0 Å². The fourth-order valence-corrected chi connectivity index (χ4v) is 12.9. The third-order valence-electron chi connectivity index (χ3n) is 15.1. The Labute approximate surface area is 222 Å². The van der Waals surface area contributed by atoms with Crippen molar-refractivity contribution in [2.24, 2.45) is 81.3 Å². The van der Waals surface area contributed by atoms with Crippen LogP contribution in [-0.4, -0.2) is 33.6 Å². The highest BCUT2D eigenvalue weighted by Crippen LogP contribution is 2.76. The smallest absolute Gasteiger partial charge is 0.0657 e. The molecule has 5 aliphatic rings. The first kappa shape index (κ1) is 27.4. The van der Waals surface area contributed by atoms with E-state index >= 15 is 0 Å². The van der Waals surface area contributed by atoms with E-state index in [4.69, 9.17) is 0 Å². The summed E-state index contributed by atoms with van der Waals surface area (Å²) in [5.41, 5.74) is -0.327. The largest absolute Gasteiger partial charge is 0.393 e. The van der Waals surface area contributed by atoms with Gasteiger partial charge in [-0.2, -0.15) is 0 Å². The quantitative estimate of drug-likeness (QED) is 0.390. The molecule has 0 saturated heterocycles. The molecule has 3 N–H and O–H groups in total. The predicted octanol–water partition coefficient (Wildman–Crippen LogP) is 6.78. The van der Waals surface area contributed by atoms with Gasteiger partial charge < -0.3 is 15.3 Å². The zero-order chi connectivity index (χ0) is 26.5. The van der Waals surface area contributed by atoms with Crippen molar-refractivity contribution < 1.29 is 15.3 Å². The molecule has 0 spiro atoms. The maximum atomic E-state index is 12.5. The zero-order valence-electron chi connectivity index (χ0n) is 24.9. The van der Waals surface area contributed by atoms with Crippen molar-refractivity contribution in [3.05, 3.63) is 0 Å². The summed E-state index contributed by atoms with van der Waals surface area (Å²) in [7, 11) is 0. The number of hydrogen-bond donors (Lipinski definition) is 3. The maximum Gasteiger partial charge on any atom is 0.0657 e. The molecule has 16 unspecified atom stereocenters. The summed E-state index contributed by atoms with van der Waals surface area (Å²) in [5.74, 6) is 4.74. The molecule has 0 aromatic heterocycles.